The van der Waals surface area contributed by atoms with Crippen molar-refractivity contribution in [1.29, 1.82) is 0 Å². The van der Waals surface area contributed by atoms with E-state index < -0.39 is 0 Å². The van der Waals surface area contributed by atoms with Crippen LogP contribution in [-0.4, -0.2) is 58.9 Å². The van der Waals surface area contributed by atoms with Crippen molar-refractivity contribution in [2.75, 3.05) is 38.0 Å². The number of nitrogens with one attached hydrogen (secondary N) is 1. The van der Waals surface area contributed by atoms with Gasteiger partial charge in [0, 0.05) is 55.2 Å². The molecule has 1 saturated carbocycles. The fourth-order valence-electron chi connectivity index (χ4n) is 5.38. The van der Waals surface area contributed by atoms with Gasteiger partial charge in [-0.2, -0.15) is 0 Å². The maximum Gasteiger partial charge on any atom is 0.270 e. The van der Waals surface area contributed by atoms with Gasteiger partial charge in [0.2, 0.25) is 5.91 Å². The predicted molar refractivity (Wildman–Crippen MR) is 136 cm³/mol. The van der Waals surface area contributed by atoms with Crippen LogP contribution in [0, 0.1) is 11.7 Å². The summed E-state index contributed by atoms with van der Waals surface area (Å²) in [4.78, 5) is 30.5. The lowest BCUT2D eigenvalue weighted by atomic mass is 10.1. The highest BCUT2D eigenvalue weighted by Gasteiger charge is 2.26. The molecule has 5 rings (SSSR count). The van der Waals surface area contributed by atoms with Crippen LogP contribution in [-0.2, 0) is 11.3 Å². The molecule has 184 valence electrons. The van der Waals surface area contributed by atoms with E-state index in [-0.39, 0.29) is 23.5 Å². The summed E-state index contributed by atoms with van der Waals surface area (Å²) in [7, 11) is 0. The van der Waals surface area contributed by atoms with Crippen LogP contribution >= 0.6 is 0 Å². The predicted octanol–water partition coefficient (Wildman–Crippen LogP) is 4.74. The number of carbonyl (C=O) groups is 2. The summed E-state index contributed by atoms with van der Waals surface area (Å²) >= 11 is 0. The lowest BCUT2D eigenvalue weighted by Gasteiger charge is -2.34. The molecule has 35 heavy (non-hydrogen) atoms. The molecule has 2 fully saturated rings. The lowest BCUT2D eigenvalue weighted by Crippen LogP contribution is -2.48. The largest absolute Gasteiger partial charge is 0.335 e. The number of piperazine rings is 1. The minimum Gasteiger partial charge on any atom is -0.335 e. The molecule has 1 aromatic heterocycles. The first-order chi connectivity index (χ1) is 17.0. The van der Waals surface area contributed by atoms with Crippen molar-refractivity contribution in [2.45, 2.75) is 39.2 Å². The molecule has 0 atom stereocenters. The van der Waals surface area contributed by atoms with Crippen molar-refractivity contribution in [1.82, 2.24) is 14.4 Å². The van der Waals surface area contributed by atoms with E-state index in [1.807, 2.05) is 39.8 Å². The fraction of sp³-hybridized carbons (Fsp3) is 0.429. The van der Waals surface area contributed by atoms with Crippen molar-refractivity contribution >= 4 is 28.4 Å². The second kappa shape index (κ2) is 10.2. The number of anilines is 1. The Hall–Kier alpha value is -3.19. The van der Waals surface area contributed by atoms with Gasteiger partial charge in [-0.15, -0.1) is 0 Å². The van der Waals surface area contributed by atoms with Crippen molar-refractivity contribution < 1.29 is 14.0 Å². The normalized spacial score (nSPS) is 17.3. The van der Waals surface area contributed by atoms with E-state index in [4.69, 9.17) is 0 Å². The number of benzene rings is 2. The van der Waals surface area contributed by atoms with Gasteiger partial charge in [0.15, 0.2) is 0 Å². The number of hydrogen-bond donors (Lipinski definition) is 1. The van der Waals surface area contributed by atoms with Crippen molar-refractivity contribution in [2.24, 2.45) is 5.92 Å². The highest BCUT2D eigenvalue weighted by Crippen LogP contribution is 2.29. The van der Waals surface area contributed by atoms with Crippen LogP contribution in [0.1, 0.15) is 48.7 Å². The highest BCUT2D eigenvalue weighted by atomic mass is 19.1. The van der Waals surface area contributed by atoms with E-state index in [0.717, 1.165) is 67.5 Å². The number of amides is 2. The lowest BCUT2D eigenvalue weighted by molar-refractivity contribution is -0.119. The summed E-state index contributed by atoms with van der Waals surface area (Å²) < 4.78 is 15.9. The number of halogens is 1. The summed E-state index contributed by atoms with van der Waals surface area (Å²) in [6.07, 6.45) is 4.11. The van der Waals surface area contributed by atoms with Crippen LogP contribution in [0.4, 0.5) is 10.1 Å². The van der Waals surface area contributed by atoms with Crippen LogP contribution in [0.25, 0.3) is 10.9 Å². The Balaban J connectivity index is 1.46. The van der Waals surface area contributed by atoms with Crippen LogP contribution in [0.2, 0.25) is 0 Å². The molecule has 2 amide bonds. The Labute approximate surface area is 205 Å². The standard InChI is InChI=1S/C28H33FN4O2/c1-2-31-12-14-32(15-13-31)28(35)26-18-22-17-24(30-27(34)21-7-3-4-8-21)10-11-25(22)33(26)19-20-6-5-9-23(29)16-20/h5-6,9-11,16-18,21H,2-4,7-8,12-15,19H2,1H3,(H,30,34). The van der Waals surface area contributed by atoms with Crippen LogP contribution in [0.15, 0.2) is 48.5 Å². The Morgan fingerprint density at radius 1 is 1.00 bits per heavy atom. The van der Waals surface area contributed by atoms with Crippen LogP contribution in [0.5, 0.6) is 0 Å². The summed E-state index contributed by atoms with van der Waals surface area (Å²) in [5.41, 5.74) is 3.02. The molecule has 2 heterocycles. The zero-order valence-corrected chi connectivity index (χ0v) is 20.3. The molecule has 0 radical (unpaired) electrons. The SMILES string of the molecule is CCN1CCN(C(=O)c2cc3cc(NC(=O)C4CCCC4)ccc3n2Cc2cccc(F)c2)CC1. The molecule has 1 N–H and O–H groups in total. The topological polar surface area (TPSA) is 57.6 Å². The monoisotopic (exact) mass is 476 g/mol. The summed E-state index contributed by atoms with van der Waals surface area (Å²) in [6, 6.07) is 14.2. The van der Waals surface area contributed by atoms with Crippen molar-refractivity contribution in [3.05, 3.63) is 65.6 Å². The molecule has 0 bridgehead atoms. The average Bonchev–Trinajstić information content (AvgIpc) is 3.53. The maximum absolute atomic E-state index is 13.9. The van der Waals surface area contributed by atoms with Crippen molar-refractivity contribution in [3.8, 4) is 0 Å². The Kier molecular flexibility index (Phi) is 6.86. The van der Waals surface area contributed by atoms with E-state index in [9.17, 15) is 14.0 Å². The molecule has 1 saturated heterocycles. The molecule has 1 aliphatic heterocycles. The number of likely N-dealkylation sites (N-methyl/N-ethyl adjacent to an activating group) is 1. The van der Waals surface area contributed by atoms with Crippen LogP contribution < -0.4 is 5.32 Å². The number of aromatic nitrogens is 1. The summed E-state index contributed by atoms with van der Waals surface area (Å²) in [5, 5.41) is 3.96. The molecule has 2 aliphatic rings. The summed E-state index contributed by atoms with van der Waals surface area (Å²) in [6.45, 7) is 6.63. The third kappa shape index (κ3) is 5.10. The maximum atomic E-state index is 13.9. The van der Waals surface area contributed by atoms with E-state index in [2.05, 4.69) is 17.1 Å². The minimum absolute atomic E-state index is 0.00935. The Morgan fingerprint density at radius 2 is 1.77 bits per heavy atom. The van der Waals surface area contributed by atoms with Gasteiger partial charge in [-0.1, -0.05) is 31.9 Å². The molecule has 0 unspecified atom stereocenters. The number of rotatable bonds is 6. The Morgan fingerprint density at radius 3 is 2.49 bits per heavy atom. The Bertz CT molecular complexity index is 1220. The second-order valence-electron chi connectivity index (χ2n) is 9.72. The fourth-order valence-corrected chi connectivity index (χ4v) is 5.38. The number of hydrogen-bond acceptors (Lipinski definition) is 3. The first-order valence-electron chi connectivity index (χ1n) is 12.7. The van der Waals surface area contributed by atoms with E-state index in [1.54, 1.807) is 6.07 Å². The molecule has 0 spiro atoms. The van der Waals surface area contributed by atoms with E-state index >= 15 is 0 Å². The molecule has 6 nitrogen and oxygen atoms in total. The van der Waals surface area contributed by atoms with Gasteiger partial charge in [-0.05, 0) is 61.3 Å². The van der Waals surface area contributed by atoms with Gasteiger partial charge in [0.05, 0.1) is 0 Å². The minimum atomic E-state index is -0.292. The zero-order valence-electron chi connectivity index (χ0n) is 20.3. The van der Waals surface area contributed by atoms with Crippen molar-refractivity contribution in [3.63, 3.8) is 0 Å². The molecule has 1 aliphatic carbocycles. The molecule has 3 aromatic rings. The third-order valence-electron chi connectivity index (χ3n) is 7.45. The number of fused-ring (bicyclic) bond motifs is 1. The van der Waals surface area contributed by atoms with Gasteiger partial charge >= 0.3 is 0 Å². The van der Waals surface area contributed by atoms with Gasteiger partial charge < -0.3 is 19.7 Å². The number of carbonyl (C=O) groups excluding carboxylic acids is 2. The third-order valence-corrected chi connectivity index (χ3v) is 7.45. The molecular formula is C28H33FN4O2. The highest BCUT2D eigenvalue weighted by molar-refractivity contribution is 6.01. The molecule has 7 heteroatoms. The van der Waals surface area contributed by atoms with E-state index in [0.29, 0.717) is 25.3 Å². The molecular weight excluding hydrogens is 443 g/mol. The van der Waals surface area contributed by atoms with Gasteiger partial charge in [0.25, 0.3) is 5.91 Å². The quantitative estimate of drug-likeness (QED) is 0.559. The van der Waals surface area contributed by atoms with Gasteiger partial charge in [-0.3, -0.25) is 9.59 Å². The first-order valence-corrected chi connectivity index (χ1v) is 12.7. The summed E-state index contributed by atoms with van der Waals surface area (Å²) in [5.74, 6) is -0.141. The zero-order chi connectivity index (χ0) is 24.4. The van der Waals surface area contributed by atoms with E-state index in [1.165, 1.54) is 12.1 Å². The first kappa shape index (κ1) is 23.5. The average molecular weight is 477 g/mol. The molecule has 2 aromatic carbocycles. The van der Waals surface area contributed by atoms with Gasteiger partial charge in [-0.25, -0.2) is 4.39 Å². The van der Waals surface area contributed by atoms with Crippen LogP contribution in [0.3, 0.4) is 0 Å². The number of nitrogens with zero attached hydrogens (tertiary/aromatic N) is 3. The van der Waals surface area contributed by atoms with Gasteiger partial charge in [0.1, 0.15) is 11.5 Å². The smallest absolute Gasteiger partial charge is 0.270 e. The second-order valence-corrected chi connectivity index (χ2v) is 9.72.